The van der Waals surface area contributed by atoms with Crippen LogP contribution in [0, 0.1) is 6.92 Å². The molecule has 1 aromatic heterocycles. The number of aryl methyl sites for hydroxylation is 1. The number of hydrogen-bond donors (Lipinski definition) is 2. The lowest BCUT2D eigenvalue weighted by molar-refractivity contribution is 0.416. The molecule has 0 spiro atoms. The van der Waals surface area contributed by atoms with Crippen molar-refractivity contribution >= 4 is 15.9 Å². The lowest BCUT2D eigenvalue weighted by atomic mass is 10.1. The van der Waals surface area contributed by atoms with Crippen molar-refractivity contribution in [2.24, 2.45) is 5.73 Å². The molecule has 2 rings (SSSR count). The van der Waals surface area contributed by atoms with E-state index in [1.165, 1.54) is 0 Å². The number of rotatable bonds is 4. The van der Waals surface area contributed by atoms with Crippen LogP contribution in [0.3, 0.4) is 0 Å². The summed E-state index contributed by atoms with van der Waals surface area (Å²) < 4.78 is 6.39. The summed E-state index contributed by atoms with van der Waals surface area (Å²) in [4.78, 5) is 7.79. The molecule has 0 fully saturated rings. The third kappa shape index (κ3) is 2.57. The van der Waals surface area contributed by atoms with Crippen LogP contribution in [0.1, 0.15) is 11.5 Å². The lowest BCUT2D eigenvalue weighted by Gasteiger charge is -2.08. The average Bonchev–Trinajstić information content (AvgIpc) is 2.71. The summed E-state index contributed by atoms with van der Waals surface area (Å²) in [5.74, 6) is 1.69. The first-order valence-corrected chi connectivity index (χ1v) is 6.54. The first-order valence-electron chi connectivity index (χ1n) is 5.75. The third-order valence-corrected chi connectivity index (χ3v) is 3.20. The molecule has 0 aliphatic rings. The molecule has 2 aromatic rings. The molecular weight excluding hydrogens is 294 g/mol. The van der Waals surface area contributed by atoms with Crippen LogP contribution in [0.4, 0.5) is 0 Å². The van der Waals surface area contributed by atoms with Gasteiger partial charge in [0.2, 0.25) is 0 Å². The zero-order valence-corrected chi connectivity index (χ0v) is 12.0. The Morgan fingerprint density at radius 3 is 2.89 bits per heavy atom. The number of hydrogen-bond acceptors (Lipinski definition) is 3. The second kappa shape index (κ2) is 5.54. The van der Waals surface area contributed by atoms with Crippen molar-refractivity contribution in [1.82, 2.24) is 9.97 Å². The van der Waals surface area contributed by atoms with Gasteiger partial charge in [-0.3, -0.25) is 0 Å². The van der Waals surface area contributed by atoms with Crippen LogP contribution in [0.25, 0.3) is 11.3 Å². The maximum Gasteiger partial charge on any atom is 0.128 e. The summed E-state index contributed by atoms with van der Waals surface area (Å²) in [5.41, 5.74) is 8.56. The zero-order valence-electron chi connectivity index (χ0n) is 10.5. The van der Waals surface area contributed by atoms with E-state index in [1.54, 1.807) is 7.11 Å². The van der Waals surface area contributed by atoms with Gasteiger partial charge >= 0.3 is 0 Å². The van der Waals surface area contributed by atoms with Crippen molar-refractivity contribution < 1.29 is 4.74 Å². The van der Waals surface area contributed by atoms with Gasteiger partial charge in [0, 0.05) is 22.2 Å². The molecule has 96 valence electrons. The van der Waals surface area contributed by atoms with Gasteiger partial charge in [0.1, 0.15) is 11.6 Å². The third-order valence-electron chi connectivity index (χ3n) is 2.71. The fourth-order valence-corrected chi connectivity index (χ4v) is 2.32. The van der Waals surface area contributed by atoms with E-state index in [4.69, 9.17) is 10.5 Å². The molecule has 0 radical (unpaired) electrons. The Labute approximate surface area is 115 Å². The van der Waals surface area contributed by atoms with Crippen molar-refractivity contribution in [2.75, 3.05) is 13.7 Å². The summed E-state index contributed by atoms with van der Waals surface area (Å²) in [6.45, 7) is 2.53. The second-order valence-corrected chi connectivity index (χ2v) is 4.95. The van der Waals surface area contributed by atoms with E-state index in [9.17, 15) is 0 Å². The van der Waals surface area contributed by atoms with Crippen LogP contribution in [-0.2, 0) is 6.42 Å². The number of H-pyrrole nitrogens is 1. The number of benzene rings is 1. The molecule has 18 heavy (non-hydrogen) atoms. The number of aromatic nitrogens is 2. The number of methoxy groups -OCH3 is 1. The molecule has 0 amide bonds. The molecule has 1 heterocycles. The van der Waals surface area contributed by atoms with Gasteiger partial charge in [-0.05, 0) is 31.7 Å². The number of aromatic amines is 1. The van der Waals surface area contributed by atoms with Gasteiger partial charge in [-0.2, -0.15) is 0 Å². The molecule has 0 saturated carbocycles. The molecule has 4 nitrogen and oxygen atoms in total. The van der Waals surface area contributed by atoms with Crippen molar-refractivity contribution in [3.05, 3.63) is 34.2 Å². The van der Waals surface area contributed by atoms with Crippen LogP contribution in [-0.4, -0.2) is 23.6 Å². The minimum Gasteiger partial charge on any atom is -0.496 e. The first-order chi connectivity index (χ1) is 8.65. The van der Waals surface area contributed by atoms with E-state index in [0.717, 1.165) is 39.4 Å². The van der Waals surface area contributed by atoms with Gasteiger partial charge in [-0.1, -0.05) is 15.9 Å². The van der Waals surface area contributed by atoms with E-state index >= 15 is 0 Å². The number of nitrogens with two attached hydrogens (primary N) is 1. The Balaban J connectivity index is 2.56. The quantitative estimate of drug-likeness (QED) is 0.912. The highest BCUT2D eigenvalue weighted by atomic mass is 79.9. The Morgan fingerprint density at radius 2 is 2.22 bits per heavy atom. The maximum absolute atomic E-state index is 5.63. The minimum absolute atomic E-state index is 0.588. The Bertz CT molecular complexity index is 551. The van der Waals surface area contributed by atoms with Gasteiger partial charge < -0.3 is 15.5 Å². The maximum atomic E-state index is 5.63. The van der Waals surface area contributed by atoms with Gasteiger partial charge in [0.05, 0.1) is 12.8 Å². The van der Waals surface area contributed by atoms with E-state index in [2.05, 4.69) is 25.9 Å². The summed E-state index contributed by atoms with van der Waals surface area (Å²) in [6.07, 6.45) is 0.770. The molecule has 0 atom stereocenters. The average molecular weight is 310 g/mol. The van der Waals surface area contributed by atoms with E-state index in [0.29, 0.717) is 6.54 Å². The van der Waals surface area contributed by atoms with Crippen LogP contribution < -0.4 is 10.5 Å². The van der Waals surface area contributed by atoms with Gasteiger partial charge in [0.15, 0.2) is 0 Å². The molecule has 0 aliphatic carbocycles. The topological polar surface area (TPSA) is 63.9 Å². The number of halogens is 1. The normalized spacial score (nSPS) is 10.7. The Hall–Kier alpha value is -1.33. The van der Waals surface area contributed by atoms with Gasteiger partial charge in [-0.15, -0.1) is 0 Å². The standard InChI is InChI=1S/C13H16BrN3O/c1-8-16-11(5-6-15)13(17-8)10-7-9(14)3-4-12(10)18-2/h3-4,7H,5-6,15H2,1-2H3,(H,16,17). The SMILES string of the molecule is COc1ccc(Br)cc1-c1nc(C)[nH]c1CCN. The zero-order chi connectivity index (χ0) is 13.1. The van der Waals surface area contributed by atoms with Gasteiger partial charge in [-0.25, -0.2) is 4.98 Å². The van der Waals surface area contributed by atoms with Crippen molar-refractivity contribution in [3.63, 3.8) is 0 Å². The largest absolute Gasteiger partial charge is 0.496 e. The highest BCUT2D eigenvalue weighted by molar-refractivity contribution is 9.10. The molecular formula is C13H16BrN3O. The van der Waals surface area contributed by atoms with Crippen molar-refractivity contribution in [3.8, 4) is 17.0 Å². The second-order valence-electron chi connectivity index (χ2n) is 4.03. The summed E-state index contributed by atoms with van der Waals surface area (Å²) >= 11 is 3.47. The summed E-state index contributed by atoms with van der Waals surface area (Å²) in [5, 5.41) is 0. The lowest BCUT2D eigenvalue weighted by Crippen LogP contribution is -2.04. The van der Waals surface area contributed by atoms with Crippen LogP contribution in [0.15, 0.2) is 22.7 Å². The van der Waals surface area contributed by atoms with Gasteiger partial charge in [0.25, 0.3) is 0 Å². The number of imidazole rings is 1. The Kier molecular flexibility index (Phi) is 4.04. The smallest absolute Gasteiger partial charge is 0.128 e. The molecule has 3 N–H and O–H groups in total. The minimum atomic E-state index is 0.588. The van der Waals surface area contributed by atoms with Crippen LogP contribution in [0.5, 0.6) is 5.75 Å². The fourth-order valence-electron chi connectivity index (χ4n) is 1.95. The number of ether oxygens (including phenoxy) is 1. The van der Waals surface area contributed by atoms with Crippen LogP contribution in [0.2, 0.25) is 0 Å². The molecule has 0 saturated heterocycles. The molecule has 0 aliphatic heterocycles. The van der Waals surface area contributed by atoms with E-state index in [1.807, 2.05) is 25.1 Å². The summed E-state index contributed by atoms with van der Waals surface area (Å²) in [6, 6.07) is 5.88. The molecule has 1 aromatic carbocycles. The van der Waals surface area contributed by atoms with Crippen molar-refractivity contribution in [2.45, 2.75) is 13.3 Å². The highest BCUT2D eigenvalue weighted by Gasteiger charge is 2.14. The predicted octanol–water partition coefficient (Wildman–Crippen LogP) is 2.66. The van der Waals surface area contributed by atoms with E-state index in [-0.39, 0.29) is 0 Å². The summed E-state index contributed by atoms with van der Waals surface area (Å²) in [7, 11) is 1.66. The number of nitrogens with zero attached hydrogens (tertiary/aromatic N) is 1. The van der Waals surface area contributed by atoms with E-state index < -0.39 is 0 Å². The monoisotopic (exact) mass is 309 g/mol. The predicted molar refractivity (Wildman–Crippen MR) is 75.8 cm³/mol. The fraction of sp³-hybridized carbons (Fsp3) is 0.308. The highest BCUT2D eigenvalue weighted by Crippen LogP contribution is 2.33. The van der Waals surface area contributed by atoms with Crippen LogP contribution >= 0.6 is 15.9 Å². The molecule has 0 unspecified atom stereocenters. The molecule has 5 heteroatoms. The van der Waals surface area contributed by atoms with Crippen molar-refractivity contribution in [1.29, 1.82) is 0 Å². The Morgan fingerprint density at radius 1 is 1.44 bits per heavy atom. The first kappa shape index (κ1) is 13.1. The number of nitrogens with one attached hydrogen (secondary N) is 1. The molecule has 0 bridgehead atoms.